The fraction of sp³-hybridized carbons (Fsp3) is 0.357. The van der Waals surface area contributed by atoms with Crippen LogP contribution in [0.5, 0.6) is 0 Å². The van der Waals surface area contributed by atoms with Crippen molar-refractivity contribution in [3.63, 3.8) is 0 Å². The number of rotatable bonds is 1. The molecule has 0 saturated heterocycles. The number of aliphatic imine (C=N–C) groups is 1. The van der Waals surface area contributed by atoms with Gasteiger partial charge < -0.3 is 0 Å². The third-order valence-corrected chi connectivity index (χ3v) is 4.49. The fourth-order valence-corrected chi connectivity index (χ4v) is 3.61. The topological polar surface area (TPSA) is 60.0 Å². The highest BCUT2D eigenvalue weighted by Crippen LogP contribution is 2.40. The molecule has 0 radical (unpaired) electrons. The van der Waals surface area contributed by atoms with Gasteiger partial charge in [-0.05, 0) is 36.3 Å². The standard InChI is InChI=1S/C14H13N3S/c15-8-10-13(12-6-3-7-18-12)9-4-1-2-5-11(9)17-14(10)16/h3,6-7,9,16H,1-2,4-5H2. The van der Waals surface area contributed by atoms with Gasteiger partial charge in [0.25, 0.3) is 0 Å². The predicted molar refractivity (Wildman–Crippen MR) is 74.0 cm³/mol. The maximum absolute atomic E-state index is 9.31. The van der Waals surface area contributed by atoms with Gasteiger partial charge in [0.2, 0.25) is 0 Å². The van der Waals surface area contributed by atoms with Crippen molar-refractivity contribution in [1.29, 1.82) is 10.7 Å². The third kappa shape index (κ3) is 1.72. The van der Waals surface area contributed by atoms with Crippen LogP contribution in [-0.4, -0.2) is 11.5 Å². The third-order valence-electron chi connectivity index (χ3n) is 3.59. The first-order chi connectivity index (χ1) is 8.81. The molecule has 2 heterocycles. The van der Waals surface area contributed by atoms with Crippen molar-refractivity contribution in [2.24, 2.45) is 10.9 Å². The van der Waals surface area contributed by atoms with E-state index in [-0.39, 0.29) is 11.8 Å². The number of hydrogen-bond acceptors (Lipinski definition) is 3. The highest BCUT2D eigenvalue weighted by atomic mass is 32.1. The minimum Gasteiger partial charge on any atom is -0.282 e. The first kappa shape index (κ1) is 11.4. The van der Waals surface area contributed by atoms with E-state index in [1.54, 1.807) is 11.3 Å². The van der Waals surface area contributed by atoms with E-state index >= 15 is 0 Å². The number of dihydropyridines is 1. The number of nitriles is 1. The molecule has 1 N–H and O–H groups in total. The van der Waals surface area contributed by atoms with Gasteiger partial charge in [0.15, 0.2) is 5.84 Å². The molecule has 1 aromatic rings. The Morgan fingerprint density at radius 2 is 2.33 bits per heavy atom. The van der Waals surface area contributed by atoms with E-state index in [2.05, 4.69) is 11.1 Å². The van der Waals surface area contributed by atoms with E-state index in [1.165, 1.54) is 6.42 Å². The minimum atomic E-state index is 0.147. The zero-order valence-electron chi connectivity index (χ0n) is 9.94. The number of allylic oxidation sites excluding steroid dienone is 1. The maximum Gasteiger partial charge on any atom is 0.162 e. The lowest BCUT2D eigenvalue weighted by Crippen LogP contribution is -2.27. The van der Waals surface area contributed by atoms with Crippen LogP contribution in [0.1, 0.15) is 30.6 Å². The Hall–Kier alpha value is -1.73. The van der Waals surface area contributed by atoms with Crippen molar-refractivity contribution >= 4 is 28.5 Å². The zero-order valence-corrected chi connectivity index (χ0v) is 10.8. The van der Waals surface area contributed by atoms with Crippen LogP contribution in [-0.2, 0) is 0 Å². The monoisotopic (exact) mass is 255 g/mol. The number of thiophene rings is 1. The molecule has 0 spiro atoms. The van der Waals surface area contributed by atoms with E-state index in [0.717, 1.165) is 35.4 Å². The quantitative estimate of drug-likeness (QED) is 0.818. The van der Waals surface area contributed by atoms with Gasteiger partial charge in [-0.3, -0.25) is 5.41 Å². The number of nitrogens with one attached hydrogen (secondary N) is 1. The number of amidine groups is 1. The van der Waals surface area contributed by atoms with Crippen LogP contribution in [0, 0.1) is 22.7 Å². The first-order valence-electron chi connectivity index (χ1n) is 6.16. The van der Waals surface area contributed by atoms with Crippen molar-refractivity contribution in [2.75, 3.05) is 0 Å². The second kappa shape index (κ2) is 4.51. The van der Waals surface area contributed by atoms with Gasteiger partial charge in [0.05, 0.1) is 0 Å². The molecule has 1 atom stereocenters. The molecule has 0 amide bonds. The Morgan fingerprint density at radius 3 is 3.06 bits per heavy atom. The molecule has 1 aliphatic carbocycles. The van der Waals surface area contributed by atoms with Crippen molar-refractivity contribution in [1.82, 2.24) is 0 Å². The summed E-state index contributed by atoms with van der Waals surface area (Å²) in [7, 11) is 0. The molecule has 3 nitrogen and oxygen atoms in total. The van der Waals surface area contributed by atoms with Gasteiger partial charge in [0, 0.05) is 16.5 Å². The molecule has 1 fully saturated rings. The second-order valence-corrected chi connectivity index (χ2v) is 5.58. The molecule has 1 saturated carbocycles. The minimum absolute atomic E-state index is 0.147. The molecular weight excluding hydrogens is 242 g/mol. The Bertz CT molecular complexity index is 587. The molecule has 3 rings (SSSR count). The van der Waals surface area contributed by atoms with Crippen molar-refractivity contribution in [2.45, 2.75) is 25.7 Å². The lowest BCUT2D eigenvalue weighted by Gasteiger charge is -2.30. The summed E-state index contributed by atoms with van der Waals surface area (Å²) in [5, 5.41) is 19.3. The molecule has 0 aromatic carbocycles. The van der Waals surface area contributed by atoms with Crippen LogP contribution in [0.25, 0.3) is 5.57 Å². The largest absolute Gasteiger partial charge is 0.282 e. The zero-order chi connectivity index (χ0) is 12.5. The average Bonchev–Trinajstić information content (AvgIpc) is 2.90. The van der Waals surface area contributed by atoms with Gasteiger partial charge >= 0.3 is 0 Å². The number of fused-ring (bicyclic) bond motifs is 1. The number of nitrogens with zero attached hydrogens (tertiary/aromatic N) is 2. The van der Waals surface area contributed by atoms with E-state index in [1.807, 2.05) is 17.5 Å². The Morgan fingerprint density at radius 1 is 1.44 bits per heavy atom. The molecule has 1 aliphatic heterocycles. The summed E-state index contributed by atoms with van der Waals surface area (Å²) >= 11 is 1.65. The molecular formula is C14H13N3S. The summed E-state index contributed by atoms with van der Waals surface area (Å²) in [5.74, 6) is 0.412. The Labute approximate surface area is 110 Å². The van der Waals surface area contributed by atoms with Gasteiger partial charge in [-0.15, -0.1) is 11.3 Å². The highest BCUT2D eigenvalue weighted by molar-refractivity contribution is 7.11. The number of hydrogen-bond donors (Lipinski definition) is 1. The van der Waals surface area contributed by atoms with Crippen molar-refractivity contribution in [3.8, 4) is 6.07 Å². The summed E-state index contributed by atoms with van der Waals surface area (Å²) in [4.78, 5) is 5.46. The van der Waals surface area contributed by atoms with Gasteiger partial charge in [-0.1, -0.05) is 12.5 Å². The van der Waals surface area contributed by atoms with E-state index in [0.29, 0.717) is 5.57 Å². The summed E-state index contributed by atoms with van der Waals surface area (Å²) in [6, 6.07) is 6.22. The lowest BCUT2D eigenvalue weighted by atomic mass is 9.77. The van der Waals surface area contributed by atoms with Gasteiger partial charge in [-0.25, -0.2) is 4.99 Å². The fourth-order valence-electron chi connectivity index (χ4n) is 2.78. The van der Waals surface area contributed by atoms with Crippen LogP contribution < -0.4 is 0 Å². The summed E-state index contributed by atoms with van der Waals surface area (Å²) in [6.07, 6.45) is 4.37. The van der Waals surface area contributed by atoms with E-state index in [4.69, 9.17) is 5.41 Å². The van der Waals surface area contributed by atoms with Crippen LogP contribution in [0.2, 0.25) is 0 Å². The van der Waals surface area contributed by atoms with Crippen molar-refractivity contribution < 1.29 is 0 Å². The Balaban J connectivity index is 2.15. The van der Waals surface area contributed by atoms with Crippen LogP contribution in [0.3, 0.4) is 0 Å². The Kier molecular flexibility index (Phi) is 2.85. The van der Waals surface area contributed by atoms with Crippen LogP contribution in [0.15, 0.2) is 28.1 Å². The maximum atomic E-state index is 9.31. The molecule has 18 heavy (non-hydrogen) atoms. The molecule has 90 valence electrons. The van der Waals surface area contributed by atoms with Gasteiger partial charge in [0.1, 0.15) is 11.6 Å². The van der Waals surface area contributed by atoms with E-state index < -0.39 is 0 Å². The normalized spacial score (nSPS) is 23.4. The molecule has 0 bridgehead atoms. The van der Waals surface area contributed by atoms with E-state index in [9.17, 15) is 5.26 Å². The summed E-state index contributed by atoms with van der Waals surface area (Å²) in [6.45, 7) is 0. The lowest BCUT2D eigenvalue weighted by molar-refractivity contribution is 0.602. The molecule has 4 heteroatoms. The predicted octanol–water partition coefficient (Wildman–Crippen LogP) is 3.65. The second-order valence-electron chi connectivity index (χ2n) is 4.63. The van der Waals surface area contributed by atoms with Crippen LogP contribution in [0.4, 0.5) is 0 Å². The summed E-state index contributed by atoms with van der Waals surface area (Å²) < 4.78 is 0. The smallest absolute Gasteiger partial charge is 0.162 e. The highest BCUT2D eigenvalue weighted by Gasteiger charge is 2.32. The average molecular weight is 255 g/mol. The SMILES string of the molecule is N#CC1=C(c2cccs2)C2CCCCC2=NC1=N. The molecule has 2 aliphatic rings. The molecule has 1 aromatic heterocycles. The first-order valence-corrected chi connectivity index (χ1v) is 7.03. The summed E-state index contributed by atoms with van der Waals surface area (Å²) in [5.41, 5.74) is 2.61. The molecule has 1 unspecified atom stereocenters. The van der Waals surface area contributed by atoms with Crippen molar-refractivity contribution in [3.05, 3.63) is 28.0 Å². The van der Waals surface area contributed by atoms with Crippen LogP contribution >= 0.6 is 11.3 Å². The van der Waals surface area contributed by atoms with Gasteiger partial charge in [-0.2, -0.15) is 5.26 Å².